The van der Waals surface area contributed by atoms with Crippen LogP contribution in [-0.2, 0) is 11.2 Å². The van der Waals surface area contributed by atoms with E-state index in [-0.39, 0.29) is 24.6 Å². The number of rotatable bonds is 7. The molecule has 0 spiro atoms. The Balaban J connectivity index is 2.48. The third kappa shape index (κ3) is 5.21. The Bertz CT molecular complexity index is 415. The summed E-state index contributed by atoms with van der Waals surface area (Å²) in [6.07, 6.45) is 1.83. The second-order valence-electron chi connectivity index (χ2n) is 5.40. The maximum Gasteiger partial charge on any atom is 0.260 e. The molecule has 1 unspecified atom stereocenters. The Morgan fingerprint density at radius 2 is 1.90 bits per heavy atom. The van der Waals surface area contributed by atoms with Gasteiger partial charge in [-0.2, -0.15) is 0 Å². The lowest BCUT2D eigenvalue weighted by Gasteiger charge is -2.21. The molecule has 0 heterocycles. The number of amides is 1. The van der Waals surface area contributed by atoms with E-state index in [2.05, 4.69) is 6.92 Å². The van der Waals surface area contributed by atoms with Gasteiger partial charge in [0.2, 0.25) is 0 Å². The maximum atomic E-state index is 11.8. The number of carbonyl (C=O) groups excluding carboxylic acids is 1. The minimum Gasteiger partial charge on any atom is -0.484 e. The Morgan fingerprint density at radius 3 is 2.40 bits per heavy atom. The van der Waals surface area contributed by atoms with Gasteiger partial charge in [0.1, 0.15) is 5.75 Å². The lowest BCUT2D eigenvalue weighted by molar-refractivity contribution is -0.133. The van der Waals surface area contributed by atoms with Gasteiger partial charge in [0.15, 0.2) is 6.61 Å². The van der Waals surface area contributed by atoms with E-state index < -0.39 is 0 Å². The highest BCUT2D eigenvalue weighted by Gasteiger charge is 2.12. The Kier molecular flexibility index (Phi) is 6.52. The van der Waals surface area contributed by atoms with Crippen molar-refractivity contribution in [3.05, 3.63) is 29.8 Å². The maximum absolute atomic E-state index is 11.8. The molecule has 4 heteroatoms. The van der Waals surface area contributed by atoms with Gasteiger partial charge in [0.05, 0.1) is 0 Å². The van der Waals surface area contributed by atoms with E-state index in [1.807, 2.05) is 38.1 Å². The largest absolute Gasteiger partial charge is 0.484 e. The van der Waals surface area contributed by atoms with E-state index in [1.165, 1.54) is 5.56 Å². The zero-order valence-electron chi connectivity index (χ0n) is 12.9. The molecule has 0 radical (unpaired) electrons. The number of hydrogen-bond donors (Lipinski definition) is 1. The van der Waals surface area contributed by atoms with Crippen molar-refractivity contribution in [2.24, 2.45) is 5.73 Å². The first-order valence-corrected chi connectivity index (χ1v) is 7.17. The van der Waals surface area contributed by atoms with Gasteiger partial charge in [-0.3, -0.25) is 4.79 Å². The quantitative estimate of drug-likeness (QED) is 0.832. The minimum atomic E-state index is -0.0166. The number of nitrogens with zero attached hydrogens (tertiary/aromatic N) is 1. The number of likely N-dealkylation sites (N-methyl/N-ethyl adjacent to an activating group) is 1. The monoisotopic (exact) mass is 278 g/mol. The molecule has 20 heavy (non-hydrogen) atoms. The molecule has 0 saturated heterocycles. The van der Waals surface area contributed by atoms with Gasteiger partial charge in [-0.15, -0.1) is 0 Å². The first-order valence-electron chi connectivity index (χ1n) is 7.17. The van der Waals surface area contributed by atoms with E-state index >= 15 is 0 Å². The standard InChI is InChI=1S/C16H26N2O2/c1-5-14(17)10-13-6-8-15(9-7-13)20-11-16(19)18(4)12(2)3/h6-9,12,14H,5,10-11,17H2,1-4H3. The van der Waals surface area contributed by atoms with Crippen molar-refractivity contribution in [2.75, 3.05) is 13.7 Å². The molecule has 1 aromatic carbocycles. The summed E-state index contributed by atoms with van der Waals surface area (Å²) in [5.41, 5.74) is 7.11. The lowest BCUT2D eigenvalue weighted by Crippen LogP contribution is -2.36. The molecular weight excluding hydrogens is 252 g/mol. The van der Waals surface area contributed by atoms with Crippen LogP contribution < -0.4 is 10.5 Å². The molecule has 2 N–H and O–H groups in total. The minimum absolute atomic E-state index is 0.0166. The fourth-order valence-corrected chi connectivity index (χ4v) is 1.70. The van der Waals surface area contributed by atoms with E-state index in [0.29, 0.717) is 5.75 Å². The van der Waals surface area contributed by atoms with Crippen molar-refractivity contribution < 1.29 is 9.53 Å². The zero-order chi connectivity index (χ0) is 15.1. The molecule has 0 aromatic heterocycles. The molecule has 4 nitrogen and oxygen atoms in total. The van der Waals surface area contributed by atoms with Gasteiger partial charge in [0.25, 0.3) is 5.91 Å². The average Bonchev–Trinajstić information content (AvgIpc) is 2.45. The van der Waals surface area contributed by atoms with Crippen LogP contribution in [0.2, 0.25) is 0 Å². The van der Waals surface area contributed by atoms with Gasteiger partial charge in [-0.05, 0) is 44.4 Å². The number of hydrogen-bond acceptors (Lipinski definition) is 3. The van der Waals surface area contributed by atoms with Crippen LogP contribution in [0, 0.1) is 0 Å². The van der Waals surface area contributed by atoms with Crippen molar-refractivity contribution in [2.45, 2.75) is 45.7 Å². The van der Waals surface area contributed by atoms with Gasteiger partial charge < -0.3 is 15.4 Å². The van der Waals surface area contributed by atoms with Crippen LogP contribution >= 0.6 is 0 Å². The van der Waals surface area contributed by atoms with Crippen molar-refractivity contribution >= 4 is 5.91 Å². The van der Waals surface area contributed by atoms with Crippen LogP contribution in [0.5, 0.6) is 5.75 Å². The summed E-state index contributed by atoms with van der Waals surface area (Å²) in [4.78, 5) is 13.5. The van der Waals surface area contributed by atoms with Crippen molar-refractivity contribution in [1.82, 2.24) is 4.90 Å². The molecule has 0 saturated carbocycles. The van der Waals surface area contributed by atoms with E-state index in [1.54, 1.807) is 11.9 Å². The van der Waals surface area contributed by atoms with Crippen molar-refractivity contribution in [3.63, 3.8) is 0 Å². The van der Waals surface area contributed by atoms with Crippen molar-refractivity contribution in [1.29, 1.82) is 0 Å². The van der Waals surface area contributed by atoms with Gasteiger partial charge in [-0.25, -0.2) is 0 Å². The molecular formula is C16H26N2O2. The van der Waals surface area contributed by atoms with Gasteiger partial charge in [-0.1, -0.05) is 19.1 Å². The number of benzene rings is 1. The van der Waals surface area contributed by atoms with Gasteiger partial charge >= 0.3 is 0 Å². The summed E-state index contributed by atoms with van der Waals surface area (Å²) >= 11 is 0. The molecule has 0 fully saturated rings. The summed E-state index contributed by atoms with van der Waals surface area (Å²) in [5, 5.41) is 0. The second kappa shape index (κ2) is 7.90. The van der Waals surface area contributed by atoms with Crippen LogP contribution in [0.15, 0.2) is 24.3 Å². The van der Waals surface area contributed by atoms with E-state index in [9.17, 15) is 4.79 Å². The predicted octanol–water partition coefficient (Wildman–Crippen LogP) is 2.21. The molecule has 0 aliphatic heterocycles. The number of carbonyl (C=O) groups is 1. The molecule has 0 aliphatic carbocycles. The normalized spacial score (nSPS) is 12.3. The number of nitrogens with two attached hydrogens (primary N) is 1. The van der Waals surface area contributed by atoms with Crippen LogP contribution in [0.1, 0.15) is 32.8 Å². The highest BCUT2D eigenvalue weighted by molar-refractivity contribution is 5.77. The lowest BCUT2D eigenvalue weighted by atomic mass is 10.0. The highest BCUT2D eigenvalue weighted by atomic mass is 16.5. The summed E-state index contributed by atoms with van der Waals surface area (Å²) in [5.74, 6) is 0.696. The molecule has 1 amide bonds. The molecule has 1 atom stereocenters. The summed E-state index contributed by atoms with van der Waals surface area (Å²) in [6.45, 7) is 6.11. The highest BCUT2D eigenvalue weighted by Crippen LogP contribution is 2.14. The Morgan fingerprint density at radius 1 is 1.30 bits per heavy atom. The van der Waals surface area contributed by atoms with E-state index in [0.717, 1.165) is 12.8 Å². The second-order valence-corrected chi connectivity index (χ2v) is 5.40. The summed E-state index contributed by atoms with van der Waals surface area (Å²) in [7, 11) is 1.78. The molecule has 0 bridgehead atoms. The van der Waals surface area contributed by atoms with E-state index in [4.69, 9.17) is 10.5 Å². The fourth-order valence-electron chi connectivity index (χ4n) is 1.70. The predicted molar refractivity (Wildman–Crippen MR) is 81.8 cm³/mol. The first-order chi connectivity index (χ1) is 9.43. The summed E-state index contributed by atoms with van der Waals surface area (Å²) < 4.78 is 5.50. The first kappa shape index (κ1) is 16.5. The smallest absolute Gasteiger partial charge is 0.260 e. The molecule has 1 aromatic rings. The Hall–Kier alpha value is -1.55. The molecule has 0 aliphatic rings. The topological polar surface area (TPSA) is 55.6 Å². The SMILES string of the molecule is CCC(N)Cc1ccc(OCC(=O)N(C)C(C)C)cc1. The van der Waals surface area contributed by atoms with Crippen LogP contribution in [-0.4, -0.2) is 36.5 Å². The molecule has 112 valence electrons. The van der Waals surface area contributed by atoms with Gasteiger partial charge in [0, 0.05) is 19.1 Å². The fraction of sp³-hybridized carbons (Fsp3) is 0.562. The molecule has 1 rings (SSSR count). The van der Waals surface area contributed by atoms with Crippen LogP contribution in [0.3, 0.4) is 0 Å². The van der Waals surface area contributed by atoms with Crippen LogP contribution in [0.25, 0.3) is 0 Å². The third-order valence-corrected chi connectivity index (χ3v) is 3.48. The Labute approximate surface area is 121 Å². The average molecular weight is 278 g/mol. The summed E-state index contributed by atoms with van der Waals surface area (Å²) in [6, 6.07) is 8.16. The number of ether oxygens (including phenoxy) is 1. The van der Waals surface area contributed by atoms with Crippen LogP contribution in [0.4, 0.5) is 0 Å². The van der Waals surface area contributed by atoms with Crippen molar-refractivity contribution in [3.8, 4) is 5.75 Å². The third-order valence-electron chi connectivity index (χ3n) is 3.48. The zero-order valence-corrected chi connectivity index (χ0v) is 12.9.